The fourth-order valence-electron chi connectivity index (χ4n) is 2.34. The molecule has 0 aromatic carbocycles. The van der Waals surface area contributed by atoms with Gasteiger partial charge in [-0.2, -0.15) is 5.10 Å². The van der Waals surface area contributed by atoms with Crippen LogP contribution in [0, 0.1) is 5.92 Å². The summed E-state index contributed by atoms with van der Waals surface area (Å²) < 4.78 is 1.92. The summed E-state index contributed by atoms with van der Waals surface area (Å²) in [6.45, 7) is 8.33. The van der Waals surface area contributed by atoms with Gasteiger partial charge in [0, 0.05) is 18.7 Å². The second-order valence-electron chi connectivity index (χ2n) is 5.38. The van der Waals surface area contributed by atoms with Gasteiger partial charge in [-0.05, 0) is 25.3 Å². The number of hydrogen-bond donors (Lipinski definition) is 2. The maximum absolute atomic E-state index is 10.1. The van der Waals surface area contributed by atoms with Gasteiger partial charge in [0.05, 0.1) is 17.9 Å². The number of nitrogens with zero attached hydrogens (tertiary/aromatic N) is 2. The van der Waals surface area contributed by atoms with Crippen molar-refractivity contribution in [1.29, 1.82) is 0 Å². The van der Waals surface area contributed by atoms with Crippen molar-refractivity contribution in [3.05, 3.63) is 18.0 Å². The van der Waals surface area contributed by atoms with Crippen LogP contribution in [0.1, 0.15) is 58.7 Å². The Balaban J connectivity index is 2.61. The lowest BCUT2D eigenvalue weighted by Gasteiger charge is -2.24. The Labute approximate surface area is 116 Å². The van der Waals surface area contributed by atoms with Gasteiger partial charge in [0.15, 0.2) is 0 Å². The summed E-state index contributed by atoms with van der Waals surface area (Å²) in [5.41, 5.74) is 0.845. The highest BCUT2D eigenvalue weighted by molar-refractivity contribution is 5.02. The van der Waals surface area contributed by atoms with Crippen molar-refractivity contribution in [2.75, 3.05) is 0 Å². The third-order valence-electron chi connectivity index (χ3n) is 4.05. The summed E-state index contributed by atoms with van der Waals surface area (Å²) in [7, 11) is 0. The van der Waals surface area contributed by atoms with E-state index in [0.29, 0.717) is 12.5 Å². The summed E-state index contributed by atoms with van der Waals surface area (Å²) in [4.78, 5) is 0. The molecule has 110 valence electrons. The van der Waals surface area contributed by atoms with Crippen molar-refractivity contribution in [3.63, 3.8) is 0 Å². The molecule has 3 unspecified atom stereocenters. The molecule has 0 fully saturated rings. The molecular formula is C15H28N2O2. The van der Waals surface area contributed by atoms with Crippen molar-refractivity contribution >= 4 is 0 Å². The van der Waals surface area contributed by atoms with Crippen molar-refractivity contribution in [2.45, 2.75) is 71.6 Å². The Morgan fingerprint density at radius 3 is 2.32 bits per heavy atom. The predicted octanol–water partition coefficient (Wildman–Crippen LogP) is 2.55. The van der Waals surface area contributed by atoms with Crippen LogP contribution >= 0.6 is 0 Å². The number of aliphatic hydroxyl groups is 2. The van der Waals surface area contributed by atoms with Gasteiger partial charge in [0.25, 0.3) is 0 Å². The average molecular weight is 268 g/mol. The van der Waals surface area contributed by atoms with E-state index >= 15 is 0 Å². The van der Waals surface area contributed by atoms with E-state index in [1.165, 1.54) is 0 Å². The van der Waals surface area contributed by atoms with Crippen molar-refractivity contribution in [1.82, 2.24) is 9.78 Å². The smallest absolute Gasteiger partial charge is 0.0857 e. The van der Waals surface area contributed by atoms with E-state index in [0.717, 1.165) is 25.0 Å². The van der Waals surface area contributed by atoms with Crippen LogP contribution in [-0.2, 0) is 6.42 Å². The molecule has 1 rings (SSSR count). The molecule has 0 bridgehead atoms. The zero-order chi connectivity index (χ0) is 14.4. The van der Waals surface area contributed by atoms with Crippen LogP contribution in [0.15, 0.2) is 12.3 Å². The minimum absolute atomic E-state index is 0.159. The molecule has 0 radical (unpaired) electrons. The second kappa shape index (κ2) is 7.65. The molecule has 4 heteroatoms. The average Bonchev–Trinajstić information content (AvgIpc) is 2.87. The summed E-state index contributed by atoms with van der Waals surface area (Å²) >= 11 is 0. The van der Waals surface area contributed by atoms with Gasteiger partial charge in [-0.15, -0.1) is 0 Å². The molecule has 3 atom stereocenters. The largest absolute Gasteiger partial charge is 0.390 e. The number of aromatic nitrogens is 2. The molecule has 0 saturated carbocycles. The Kier molecular flexibility index (Phi) is 6.52. The first-order valence-electron chi connectivity index (χ1n) is 7.43. The molecule has 0 aliphatic rings. The van der Waals surface area contributed by atoms with E-state index in [-0.39, 0.29) is 5.92 Å². The topological polar surface area (TPSA) is 58.3 Å². The van der Waals surface area contributed by atoms with Crippen molar-refractivity contribution < 1.29 is 10.2 Å². The monoisotopic (exact) mass is 268 g/mol. The third-order valence-corrected chi connectivity index (χ3v) is 4.05. The lowest BCUT2D eigenvalue weighted by Crippen LogP contribution is -2.34. The van der Waals surface area contributed by atoms with Crippen LogP contribution in [0.3, 0.4) is 0 Å². The zero-order valence-electron chi connectivity index (χ0n) is 12.6. The Hall–Kier alpha value is -0.870. The van der Waals surface area contributed by atoms with Gasteiger partial charge in [-0.1, -0.05) is 33.6 Å². The quantitative estimate of drug-likeness (QED) is 0.762. The van der Waals surface area contributed by atoms with Crippen molar-refractivity contribution in [2.24, 2.45) is 5.92 Å². The lowest BCUT2D eigenvalue weighted by atomic mass is 9.91. The highest BCUT2D eigenvalue weighted by Gasteiger charge is 2.24. The minimum Gasteiger partial charge on any atom is -0.390 e. The van der Waals surface area contributed by atoms with Crippen LogP contribution in [0.25, 0.3) is 0 Å². The molecule has 2 N–H and O–H groups in total. The maximum Gasteiger partial charge on any atom is 0.0857 e. The van der Waals surface area contributed by atoms with Crippen LogP contribution in [0.2, 0.25) is 0 Å². The minimum atomic E-state index is -0.731. The third kappa shape index (κ3) is 4.32. The highest BCUT2D eigenvalue weighted by Crippen LogP contribution is 2.18. The number of rotatable bonds is 8. The molecule has 1 aromatic rings. The zero-order valence-corrected chi connectivity index (χ0v) is 12.6. The summed E-state index contributed by atoms with van der Waals surface area (Å²) in [5, 5.41) is 24.7. The van der Waals surface area contributed by atoms with Crippen LogP contribution in [0.4, 0.5) is 0 Å². The fraction of sp³-hybridized carbons (Fsp3) is 0.800. The van der Waals surface area contributed by atoms with E-state index in [1.807, 2.05) is 30.8 Å². The van der Waals surface area contributed by atoms with Gasteiger partial charge in [0.2, 0.25) is 0 Å². The van der Waals surface area contributed by atoms with Gasteiger partial charge < -0.3 is 10.2 Å². The molecule has 19 heavy (non-hydrogen) atoms. The van der Waals surface area contributed by atoms with Gasteiger partial charge in [0.1, 0.15) is 0 Å². The van der Waals surface area contributed by atoms with E-state index in [4.69, 9.17) is 0 Å². The molecule has 0 saturated heterocycles. The molecule has 0 amide bonds. The van der Waals surface area contributed by atoms with E-state index < -0.39 is 12.2 Å². The van der Waals surface area contributed by atoms with Gasteiger partial charge in [-0.25, -0.2) is 0 Å². The molecule has 0 aliphatic carbocycles. The highest BCUT2D eigenvalue weighted by atomic mass is 16.3. The number of aliphatic hydroxyl groups excluding tert-OH is 2. The molecule has 4 nitrogen and oxygen atoms in total. The molecule has 1 heterocycles. The summed E-state index contributed by atoms with van der Waals surface area (Å²) in [5.74, 6) is 0.159. The first kappa shape index (κ1) is 16.2. The second-order valence-corrected chi connectivity index (χ2v) is 5.38. The van der Waals surface area contributed by atoms with Crippen molar-refractivity contribution in [3.8, 4) is 0 Å². The van der Waals surface area contributed by atoms with Crippen LogP contribution in [0.5, 0.6) is 0 Å². The first-order chi connectivity index (χ1) is 9.03. The Morgan fingerprint density at radius 1 is 1.16 bits per heavy atom. The SMILES string of the molecule is CCC(CC)C(O)C(O)Cc1ccn(C(C)CC)n1. The Bertz CT molecular complexity index is 361. The molecule has 0 spiro atoms. The molecular weight excluding hydrogens is 240 g/mol. The maximum atomic E-state index is 10.1. The summed E-state index contributed by atoms with van der Waals surface area (Å²) in [6.07, 6.45) is 3.77. The lowest BCUT2D eigenvalue weighted by molar-refractivity contribution is -0.0192. The van der Waals surface area contributed by atoms with Crippen LogP contribution < -0.4 is 0 Å². The number of hydrogen-bond acceptors (Lipinski definition) is 3. The molecule has 1 aromatic heterocycles. The summed E-state index contributed by atoms with van der Waals surface area (Å²) in [6, 6.07) is 2.30. The van der Waals surface area contributed by atoms with E-state index in [1.54, 1.807) is 0 Å². The van der Waals surface area contributed by atoms with E-state index in [9.17, 15) is 10.2 Å². The van der Waals surface area contributed by atoms with Gasteiger partial charge in [-0.3, -0.25) is 4.68 Å². The normalized spacial score (nSPS) is 16.6. The Morgan fingerprint density at radius 2 is 1.79 bits per heavy atom. The van der Waals surface area contributed by atoms with Gasteiger partial charge >= 0.3 is 0 Å². The van der Waals surface area contributed by atoms with Crippen LogP contribution in [-0.4, -0.2) is 32.2 Å². The fourth-order valence-corrected chi connectivity index (χ4v) is 2.34. The standard InChI is InChI=1S/C15H28N2O2/c1-5-11(4)17-9-8-13(16-17)10-14(18)15(19)12(6-2)7-3/h8-9,11-12,14-15,18-19H,5-7,10H2,1-4H3. The predicted molar refractivity (Wildman–Crippen MR) is 77.0 cm³/mol. The van der Waals surface area contributed by atoms with E-state index in [2.05, 4.69) is 18.9 Å². The molecule has 0 aliphatic heterocycles. The first-order valence-corrected chi connectivity index (χ1v) is 7.43.